The summed E-state index contributed by atoms with van der Waals surface area (Å²) < 4.78 is 0. The smallest absolute Gasteiger partial charge is 0.0678 e. The van der Waals surface area contributed by atoms with Gasteiger partial charge in [0.25, 0.3) is 0 Å². The van der Waals surface area contributed by atoms with E-state index in [2.05, 4.69) is 13.8 Å². The molecule has 0 aromatic carbocycles. The molecule has 3 fully saturated rings. The van der Waals surface area contributed by atoms with Gasteiger partial charge in [0.2, 0.25) is 0 Å². The van der Waals surface area contributed by atoms with E-state index in [1.807, 2.05) is 0 Å². The quantitative estimate of drug-likeness (QED) is 0.741. The normalized spacial score (nSPS) is 38.3. The van der Waals surface area contributed by atoms with E-state index in [1.165, 1.54) is 44.9 Å². The molecule has 1 N–H and O–H groups in total. The Hall–Kier alpha value is -0.0400. The van der Waals surface area contributed by atoms with Gasteiger partial charge in [0, 0.05) is 0 Å². The van der Waals surface area contributed by atoms with Gasteiger partial charge in [0.1, 0.15) is 0 Å². The third-order valence-electron chi connectivity index (χ3n) is 5.99. The number of aliphatic hydroxyl groups is 1. The lowest BCUT2D eigenvalue weighted by atomic mass is 9.76. The Morgan fingerprint density at radius 1 is 1.11 bits per heavy atom. The first-order valence-electron chi connectivity index (χ1n) is 8.29. The Bertz CT molecular complexity index is 294. The van der Waals surface area contributed by atoms with Crippen molar-refractivity contribution >= 4 is 0 Å². The fourth-order valence-electron chi connectivity index (χ4n) is 4.71. The average Bonchev–Trinajstić information content (AvgIpc) is 3.00. The van der Waals surface area contributed by atoms with Crippen LogP contribution in [0.1, 0.15) is 71.6 Å². The first-order chi connectivity index (χ1) is 8.57. The molecule has 0 saturated heterocycles. The van der Waals surface area contributed by atoms with Crippen LogP contribution in [0.15, 0.2) is 0 Å². The van der Waals surface area contributed by atoms with Gasteiger partial charge in [-0.3, -0.25) is 0 Å². The summed E-state index contributed by atoms with van der Waals surface area (Å²) in [5.41, 5.74) is -0.292. The molecule has 0 spiro atoms. The van der Waals surface area contributed by atoms with Crippen LogP contribution in [0.5, 0.6) is 0 Å². The van der Waals surface area contributed by atoms with Crippen molar-refractivity contribution in [1.82, 2.24) is 0 Å². The zero-order chi connectivity index (χ0) is 12.8. The summed E-state index contributed by atoms with van der Waals surface area (Å²) in [6.07, 6.45) is 11.8. The molecule has 104 valence electrons. The van der Waals surface area contributed by atoms with Crippen LogP contribution >= 0.6 is 0 Å². The van der Waals surface area contributed by atoms with E-state index < -0.39 is 0 Å². The van der Waals surface area contributed by atoms with Gasteiger partial charge < -0.3 is 5.11 Å². The molecule has 3 aliphatic carbocycles. The maximum atomic E-state index is 11.1. The molecular formula is C17H30O. The van der Waals surface area contributed by atoms with Crippen molar-refractivity contribution in [3.05, 3.63) is 0 Å². The molecule has 0 amide bonds. The minimum absolute atomic E-state index is 0.292. The van der Waals surface area contributed by atoms with Crippen LogP contribution in [0.2, 0.25) is 0 Å². The molecule has 18 heavy (non-hydrogen) atoms. The summed E-state index contributed by atoms with van der Waals surface area (Å²) >= 11 is 0. The van der Waals surface area contributed by atoms with Crippen molar-refractivity contribution in [2.75, 3.05) is 0 Å². The molecule has 0 radical (unpaired) electrons. The van der Waals surface area contributed by atoms with Crippen molar-refractivity contribution in [3.8, 4) is 0 Å². The summed E-state index contributed by atoms with van der Waals surface area (Å²) in [6.45, 7) is 4.57. The molecule has 0 aromatic rings. The summed E-state index contributed by atoms with van der Waals surface area (Å²) in [5.74, 6) is 4.24. The van der Waals surface area contributed by atoms with Crippen molar-refractivity contribution in [1.29, 1.82) is 0 Å². The van der Waals surface area contributed by atoms with E-state index in [0.717, 1.165) is 36.5 Å². The summed E-state index contributed by atoms with van der Waals surface area (Å²) in [5, 5.41) is 11.1. The molecule has 4 unspecified atom stereocenters. The lowest BCUT2D eigenvalue weighted by Crippen LogP contribution is -2.35. The minimum atomic E-state index is -0.292. The molecule has 3 rings (SSSR count). The molecule has 1 nitrogen and oxygen atoms in total. The minimum Gasteiger partial charge on any atom is -0.390 e. The maximum absolute atomic E-state index is 11.1. The Balaban J connectivity index is 1.59. The van der Waals surface area contributed by atoms with E-state index in [-0.39, 0.29) is 5.60 Å². The average molecular weight is 250 g/mol. The van der Waals surface area contributed by atoms with Crippen LogP contribution in [-0.4, -0.2) is 10.7 Å². The van der Waals surface area contributed by atoms with E-state index in [0.29, 0.717) is 5.92 Å². The van der Waals surface area contributed by atoms with Crippen LogP contribution in [0.3, 0.4) is 0 Å². The van der Waals surface area contributed by atoms with Gasteiger partial charge in [-0.2, -0.15) is 0 Å². The second-order valence-electron chi connectivity index (χ2n) is 7.95. The fraction of sp³-hybridized carbons (Fsp3) is 1.00. The van der Waals surface area contributed by atoms with Crippen molar-refractivity contribution in [2.45, 2.75) is 77.2 Å². The van der Waals surface area contributed by atoms with Crippen LogP contribution in [-0.2, 0) is 0 Å². The van der Waals surface area contributed by atoms with Gasteiger partial charge >= 0.3 is 0 Å². The second-order valence-corrected chi connectivity index (χ2v) is 7.95. The van der Waals surface area contributed by atoms with E-state index in [9.17, 15) is 5.11 Å². The van der Waals surface area contributed by atoms with Crippen LogP contribution in [0.25, 0.3) is 0 Å². The molecule has 0 heterocycles. The van der Waals surface area contributed by atoms with Gasteiger partial charge in [-0.05, 0) is 81.0 Å². The lowest BCUT2D eigenvalue weighted by molar-refractivity contribution is -0.0248. The topological polar surface area (TPSA) is 20.2 Å². The zero-order valence-corrected chi connectivity index (χ0v) is 12.2. The number of hydrogen-bond donors (Lipinski definition) is 1. The molecule has 3 saturated carbocycles. The summed E-state index contributed by atoms with van der Waals surface area (Å²) in [4.78, 5) is 0. The third kappa shape index (κ3) is 2.61. The maximum Gasteiger partial charge on any atom is 0.0678 e. The molecule has 4 atom stereocenters. The third-order valence-corrected chi connectivity index (χ3v) is 5.99. The number of fused-ring (bicyclic) bond motifs is 2. The summed E-state index contributed by atoms with van der Waals surface area (Å²) in [7, 11) is 0. The van der Waals surface area contributed by atoms with Gasteiger partial charge in [0.15, 0.2) is 0 Å². The highest BCUT2D eigenvalue weighted by atomic mass is 16.3. The van der Waals surface area contributed by atoms with Gasteiger partial charge in [-0.15, -0.1) is 0 Å². The second kappa shape index (κ2) is 4.81. The highest BCUT2D eigenvalue weighted by Crippen LogP contribution is 2.54. The Morgan fingerprint density at radius 3 is 2.39 bits per heavy atom. The van der Waals surface area contributed by atoms with Gasteiger partial charge in [0.05, 0.1) is 5.60 Å². The number of hydrogen-bond acceptors (Lipinski definition) is 1. The van der Waals surface area contributed by atoms with Crippen molar-refractivity contribution in [3.63, 3.8) is 0 Å². The standard InChI is InChI=1S/C17H30O/c1-12(2)7-8-17(18,16-5-6-16)11-15-10-13-3-4-14(15)9-13/h12-16,18H,3-11H2,1-2H3. The SMILES string of the molecule is CC(C)CCC(O)(CC1CC2CCC1C2)C1CC1. The van der Waals surface area contributed by atoms with Crippen LogP contribution in [0, 0.1) is 29.6 Å². The Kier molecular flexibility index (Phi) is 3.47. The zero-order valence-electron chi connectivity index (χ0n) is 12.2. The summed E-state index contributed by atoms with van der Waals surface area (Å²) in [6, 6.07) is 0. The number of rotatable bonds is 6. The lowest BCUT2D eigenvalue weighted by Gasteiger charge is -2.35. The molecule has 3 aliphatic rings. The largest absolute Gasteiger partial charge is 0.390 e. The predicted octanol–water partition coefficient (Wildman–Crippen LogP) is 4.39. The molecule has 2 bridgehead atoms. The highest BCUT2D eigenvalue weighted by Gasteiger charge is 2.48. The molecule has 0 aliphatic heterocycles. The van der Waals surface area contributed by atoms with E-state index >= 15 is 0 Å². The highest BCUT2D eigenvalue weighted by molar-refractivity contribution is 5.00. The van der Waals surface area contributed by atoms with Crippen molar-refractivity contribution < 1.29 is 5.11 Å². The molecule has 0 aromatic heterocycles. The van der Waals surface area contributed by atoms with E-state index in [4.69, 9.17) is 0 Å². The Labute approximate surface area is 112 Å². The first-order valence-corrected chi connectivity index (χ1v) is 8.29. The predicted molar refractivity (Wildman–Crippen MR) is 75.3 cm³/mol. The van der Waals surface area contributed by atoms with Gasteiger partial charge in [-0.1, -0.05) is 20.3 Å². The van der Waals surface area contributed by atoms with Crippen molar-refractivity contribution in [2.24, 2.45) is 29.6 Å². The van der Waals surface area contributed by atoms with Crippen LogP contribution in [0.4, 0.5) is 0 Å². The van der Waals surface area contributed by atoms with E-state index in [1.54, 1.807) is 0 Å². The first kappa shape index (κ1) is 13.0. The molecule has 1 heteroatoms. The molecular weight excluding hydrogens is 220 g/mol. The fourth-order valence-corrected chi connectivity index (χ4v) is 4.71. The van der Waals surface area contributed by atoms with Crippen LogP contribution < -0.4 is 0 Å². The Morgan fingerprint density at radius 2 is 1.89 bits per heavy atom. The van der Waals surface area contributed by atoms with Gasteiger partial charge in [-0.25, -0.2) is 0 Å². The monoisotopic (exact) mass is 250 g/mol.